The second kappa shape index (κ2) is 11.7. The van der Waals surface area contributed by atoms with E-state index in [2.05, 4.69) is 0 Å². The summed E-state index contributed by atoms with van der Waals surface area (Å²) >= 11 is 7.89. The second-order valence-electron chi connectivity index (χ2n) is 15.2. The maximum atomic E-state index is 15.0. The Morgan fingerprint density at radius 3 is 2.55 bits per heavy atom. The number of furan rings is 1. The second-order valence-corrected chi connectivity index (χ2v) is 16.7. The third-order valence-corrected chi connectivity index (χ3v) is 14.1. The molecule has 1 N–H and O–H groups in total. The van der Waals surface area contributed by atoms with Crippen LogP contribution in [0.4, 0.5) is 5.82 Å². The minimum atomic E-state index is -1.25. The van der Waals surface area contributed by atoms with Crippen molar-refractivity contribution in [2.24, 2.45) is 36.1 Å². The van der Waals surface area contributed by atoms with Gasteiger partial charge in [0.05, 0.1) is 34.0 Å². The van der Waals surface area contributed by atoms with E-state index in [1.54, 1.807) is 46.2 Å². The predicted octanol–water partition coefficient (Wildman–Crippen LogP) is 6.91. The van der Waals surface area contributed by atoms with Gasteiger partial charge >= 0.3 is 0 Å². The predicted molar refractivity (Wildman–Crippen MR) is 192 cm³/mol. The molecule has 4 fully saturated rings. The summed E-state index contributed by atoms with van der Waals surface area (Å²) in [6.45, 7) is 3.53. The Hall–Kier alpha value is -4.06. The highest BCUT2D eigenvalue weighted by Crippen LogP contribution is 2.64. The Bertz CT molecular complexity index is 2190. The SMILES string of the molecule is Cc1c(-c2cc(N3C(=O)C4CC5C(=CCC6C(=O)N(C7CCCCC7)C(=O)C65)C(c5ccc(CO)o5)C4(C)C3=O)n(C)n2)sc2ccc(Cl)cc12. The fourth-order valence-electron chi connectivity index (χ4n) is 10.1. The number of aliphatic hydroxyl groups excluding tert-OH is 1. The molecule has 264 valence electrons. The molecule has 0 spiro atoms. The topological polar surface area (TPSA) is 126 Å². The quantitative estimate of drug-likeness (QED) is 0.175. The Kier molecular flexibility index (Phi) is 7.55. The average Bonchev–Trinajstić information content (AvgIpc) is 3.92. The maximum Gasteiger partial charge on any atom is 0.242 e. The van der Waals surface area contributed by atoms with E-state index in [4.69, 9.17) is 21.1 Å². The third-order valence-electron chi connectivity index (χ3n) is 12.6. The lowest BCUT2D eigenvalue weighted by Gasteiger charge is -2.48. The number of carbonyl (C=O) groups excluding carboxylic acids is 4. The molecule has 3 aliphatic carbocycles. The number of halogens is 1. The van der Waals surface area contributed by atoms with E-state index in [0.717, 1.165) is 58.2 Å². The molecule has 6 atom stereocenters. The largest absolute Gasteiger partial charge is 0.463 e. The minimum Gasteiger partial charge on any atom is -0.463 e. The summed E-state index contributed by atoms with van der Waals surface area (Å²) in [6.07, 6.45) is 7.45. The van der Waals surface area contributed by atoms with Gasteiger partial charge < -0.3 is 9.52 Å². The van der Waals surface area contributed by atoms with Crippen LogP contribution in [0.5, 0.6) is 0 Å². The van der Waals surface area contributed by atoms with Crippen LogP contribution < -0.4 is 4.90 Å². The standard InChI is InChI=1S/C39H39ClN4O6S/c1-19-25-15-20(40)9-14-30(25)51-34(19)28-17-31(42(3)41-28)44-36(47)27-16-26-23(33(39(27,2)38(44)49)29-13-10-22(18-45)50-29)11-12-24-32(26)37(48)43(35(24)46)21-7-5-4-6-8-21/h9-11,13-15,17,21,24,26-27,32-33,45H,4-8,12,16,18H2,1-3H3. The lowest BCUT2D eigenvalue weighted by atomic mass is 9.52. The molecule has 6 unspecified atom stereocenters. The van der Waals surface area contributed by atoms with Crippen molar-refractivity contribution in [1.82, 2.24) is 14.7 Å². The number of aryl methyl sites for hydroxylation is 2. The van der Waals surface area contributed by atoms with Crippen molar-refractivity contribution in [2.75, 3.05) is 4.90 Å². The summed E-state index contributed by atoms with van der Waals surface area (Å²) in [6, 6.07) is 10.9. The van der Waals surface area contributed by atoms with Crippen LogP contribution in [0.3, 0.4) is 0 Å². The van der Waals surface area contributed by atoms with Crippen molar-refractivity contribution >= 4 is 62.5 Å². The zero-order valence-corrected chi connectivity index (χ0v) is 30.3. The van der Waals surface area contributed by atoms with E-state index in [-0.39, 0.29) is 42.7 Å². The molecule has 10 nitrogen and oxygen atoms in total. The van der Waals surface area contributed by atoms with Crippen LogP contribution in [0.1, 0.15) is 74.9 Å². The number of carbonyl (C=O) groups is 4. The monoisotopic (exact) mass is 726 g/mol. The van der Waals surface area contributed by atoms with Gasteiger partial charge in [-0.1, -0.05) is 42.5 Å². The number of hydrogen-bond acceptors (Lipinski definition) is 8. The molecule has 2 saturated carbocycles. The molecule has 9 rings (SSSR count). The van der Waals surface area contributed by atoms with Crippen molar-refractivity contribution in [3.63, 3.8) is 0 Å². The zero-order valence-electron chi connectivity index (χ0n) is 28.7. The summed E-state index contributed by atoms with van der Waals surface area (Å²) in [5.74, 6) is -2.71. The summed E-state index contributed by atoms with van der Waals surface area (Å²) in [5, 5.41) is 16.4. The number of aliphatic hydroxyl groups is 1. The highest BCUT2D eigenvalue weighted by atomic mass is 35.5. The molecule has 3 aromatic heterocycles. The van der Waals surface area contributed by atoms with Gasteiger partial charge in [-0.25, -0.2) is 4.90 Å². The lowest BCUT2D eigenvalue weighted by molar-refractivity contribution is -0.144. The number of allylic oxidation sites excluding steroid dienone is 2. The zero-order chi connectivity index (χ0) is 35.5. The number of fused-ring (bicyclic) bond motifs is 5. The maximum absolute atomic E-state index is 15.0. The minimum absolute atomic E-state index is 0.0829. The van der Waals surface area contributed by atoms with Gasteiger partial charge in [-0.05, 0) is 86.7 Å². The van der Waals surface area contributed by atoms with Gasteiger partial charge in [0.2, 0.25) is 23.6 Å². The van der Waals surface area contributed by atoms with Gasteiger partial charge in [-0.15, -0.1) is 11.3 Å². The van der Waals surface area contributed by atoms with Gasteiger partial charge in [-0.3, -0.25) is 28.8 Å². The molecular formula is C39H39ClN4O6S. The number of thiophene rings is 1. The first-order chi connectivity index (χ1) is 24.5. The van der Waals surface area contributed by atoms with Crippen molar-refractivity contribution in [3.8, 4) is 10.6 Å². The highest BCUT2D eigenvalue weighted by molar-refractivity contribution is 7.22. The Morgan fingerprint density at radius 1 is 1.02 bits per heavy atom. The molecule has 5 aliphatic rings. The summed E-state index contributed by atoms with van der Waals surface area (Å²) in [7, 11) is 1.73. The van der Waals surface area contributed by atoms with E-state index in [0.29, 0.717) is 34.5 Å². The number of nitrogens with zero attached hydrogens (tertiary/aromatic N) is 4. The van der Waals surface area contributed by atoms with Crippen LogP contribution in [0.15, 0.2) is 52.5 Å². The Labute approximate surface area is 304 Å². The van der Waals surface area contributed by atoms with Crippen LogP contribution in [0.25, 0.3) is 20.7 Å². The van der Waals surface area contributed by atoms with E-state index < -0.39 is 35.0 Å². The summed E-state index contributed by atoms with van der Waals surface area (Å²) in [5.41, 5.74) is 1.28. The number of aromatic nitrogens is 2. The molecule has 1 aromatic carbocycles. The summed E-state index contributed by atoms with van der Waals surface area (Å²) in [4.78, 5) is 61.7. The van der Waals surface area contributed by atoms with Crippen molar-refractivity contribution in [1.29, 1.82) is 0 Å². The van der Waals surface area contributed by atoms with Gasteiger partial charge in [0, 0.05) is 28.9 Å². The van der Waals surface area contributed by atoms with Crippen LogP contribution in [-0.2, 0) is 32.8 Å². The van der Waals surface area contributed by atoms with Gasteiger partial charge in [0.1, 0.15) is 29.6 Å². The van der Waals surface area contributed by atoms with Crippen LogP contribution in [-0.4, -0.2) is 49.5 Å². The fourth-order valence-corrected chi connectivity index (χ4v) is 11.4. The molecule has 5 heterocycles. The van der Waals surface area contributed by atoms with Gasteiger partial charge in [0.15, 0.2) is 0 Å². The molecular weight excluding hydrogens is 688 g/mol. The van der Waals surface area contributed by atoms with Crippen molar-refractivity contribution in [3.05, 3.63) is 70.2 Å². The van der Waals surface area contributed by atoms with E-state index in [1.807, 2.05) is 38.1 Å². The van der Waals surface area contributed by atoms with Crippen molar-refractivity contribution in [2.45, 2.75) is 77.4 Å². The van der Waals surface area contributed by atoms with E-state index >= 15 is 0 Å². The van der Waals surface area contributed by atoms with Crippen LogP contribution in [0.2, 0.25) is 5.02 Å². The van der Waals surface area contributed by atoms with Crippen LogP contribution >= 0.6 is 22.9 Å². The number of anilines is 1. The van der Waals surface area contributed by atoms with Crippen molar-refractivity contribution < 1.29 is 28.7 Å². The first-order valence-corrected chi connectivity index (χ1v) is 19.1. The van der Waals surface area contributed by atoms with Gasteiger partial charge in [-0.2, -0.15) is 5.10 Å². The molecule has 51 heavy (non-hydrogen) atoms. The molecule has 12 heteroatoms. The number of hydrogen-bond donors (Lipinski definition) is 1. The first-order valence-electron chi connectivity index (χ1n) is 17.9. The van der Waals surface area contributed by atoms with Gasteiger partial charge in [0.25, 0.3) is 0 Å². The number of benzene rings is 1. The van der Waals surface area contributed by atoms with Crippen LogP contribution in [0, 0.1) is 36.0 Å². The number of amides is 4. The smallest absolute Gasteiger partial charge is 0.242 e. The molecule has 2 saturated heterocycles. The molecule has 4 aromatic rings. The Morgan fingerprint density at radius 2 is 1.80 bits per heavy atom. The lowest BCUT2D eigenvalue weighted by Crippen LogP contribution is -2.49. The van der Waals surface area contributed by atoms with E-state index in [1.165, 1.54) is 4.90 Å². The number of imide groups is 2. The highest BCUT2D eigenvalue weighted by Gasteiger charge is 2.68. The average molecular weight is 727 g/mol. The summed E-state index contributed by atoms with van der Waals surface area (Å²) < 4.78 is 8.81. The normalized spacial score (nSPS) is 29.6. The van der Waals surface area contributed by atoms with E-state index in [9.17, 15) is 24.3 Å². The molecule has 0 radical (unpaired) electrons. The number of rotatable bonds is 5. The third kappa shape index (κ3) is 4.59. The first kappa shape index (κ1) is 32.8. The molecule has 2 aliphatic heterocycles. The number of likely N-dealkylation sites (tertiary alicyclic amines) is 1. The fraction of sp³-hybridized carbons (Fsp3) is 0.462. The molecule has 0 bridgehead atoms. The molecule has 4 amide bonds. The Balaban J connectivity index is 1.13.